The quantitative estimate of drug-likeness (QED) is 0.0211. The number of hydrogen-bond donors (Lipinski definition) is 1. The van der Waals surface area contributed by atoms with Gasteiger partial charge in [-0.15, -0.1) is 0 Å². The van der Waals surface area contributed by atoms with Crippen LogP contribution in [0.15, 0.2) is 170 Å². The first-order valence-electron chi connectivity index (χ1n) is 33.9. The Bertz CT molecular complexity index is 2060. The van der Waals surface area contributed by atoms with Gasteiger partial charge in [0.15, 0.2) is 6.10 Å². The van der Waals surface area contributed by atoms with Crippen LogP contribution in [0.1, 0.15) is 245 Å². The number of hydrogen-bond acceptors (Lipinski definition) is 7. The number of rotatable bonds is 60. The highest BCUT2D eigenvalue weighted by molar-refractivity contribution is 7.47. The molecule has 1 N–H and O–H groups in total. The first-order chi connectivity index (χ1) is 42.0. The summed E-state index contributed by atoms with van der Waals surface area (Å²) in [5.74, 6) is -0.821. The normalized spacial score (nSPS) is 14.3. The fourth-order valence-corrected chi connectivity index (χ4v) is 9.36. The molecule has 0 aromatic carbocycles. The Labute approximate surface area is 528 Å². The summed E-state index contributed by atoms with van der Waals surface area (Å²) >= 11 is 0. The van der Waals surface area contributed by atoms with E-state index in [0.717, 1.165) is 148 Å². The van der Waals surface area contributed by atoms with Crippen LogP contribution in [-0.4, -0.2) is 74.9 Å². The molecule has 0 aliphatic carbocycles. The predicted molar refractivity (Wildman–Crippen MR) is 371 cm³/mol. The molecule has 0 aromatic rings. The second kappa shape index (κ2) is 64.8. The van der Waals surface area contributed by atoms with E-state index in [0.29, 0.717) is 17.4 Å². The summed E-state index contributed by atoms with van der Waals surface area (Å²) in [4.78, 5) is 35.8. The highest BCUT2D eigenvalue weighted by atomic mass is 31.2. The third-order valence-electron chi connectivity index (χ3n) is 13.7. The van der Waals surface area contributed by atoms with Crippen molar-refractivity contribution in [3.63, 3.8) is 0 Å². The Morgan fingerprint density at radius 1 is 0.360 bits per heavy atom. The Morgan fingerprint density at radius 3 is 0.930 bits per heavy atom. The molecular formula is C76H125NO8P+. The minimum atomic E-state index is -4.41. The third kappa shape index (κ3) is 68.5. The number of carbonyl (C=O) groups excluding carboxylic acids is 2. The number of esters is 2. The minimum absolute atomic E-state index is 0.0205. The van der Waals surface area contributed by atoms with Crippen molar-refractivity contribution in [1.82, 2.24) is 0 Å². The highest BCUT2D eigenvalue weighted by Crippen LogP contribution is 2.43. The summed E-state index contributed by atoms with van der Waals surface area (Å²) in [5.41, 5.74) is 0. The van der Waals surface area contributed by atoms with Crippen molar-refractivity contribution < 1.29 is 42.1 Å². The average Bonchev–Trinajstić information content (AvgIpc) is 3.56. The molecule has 486 valence electrons. The molecule has 0 aliphatic heterocycles. The van der Waals surface area contributed by atoms with Gasteiger partial charge in [-0.2, -0.15) is 0 Å². The molecule has 0 saturated carbocycles. The number of phosphoric ester groups is 1. The van der Waals surface area contributed by atoms with Crippen molar-refractivity contribution in [2.75, 3.05) is 47.5 Å². The number of quaternary nitrogens is 1. The van der Waals surface area contributed by atoms with Gasteiger partial charge in [0.05, 0.1) is 27.7 Å². The van der Waals surface area contributed by atoms with E-state index in [1.54, 1.807) is 0 Å². The van der Waals surface area contributed by atoms with E-state index in [4.69, 9.17) is 18.5 Å². The van der Waals surface area contributed by atoms with Crippen molar-refractivity contribution in [2.45, 2.75) is 251 Å². The lowest BCUT2D eigenvalue weighted by molar-refractivity contribution is -0.870. The van der Waals surface area contributed by atoms with E-state index >= 15 is 0 Å². The predicted octanol–water partition coefficient (Wildman–Crippen LogP) is 22.2. The topological polar surface area (TPSA) is 108 Å². The summed E-state index contributed by atoms with van der Waals surface area (Å²) in [7, 11) is 1.45. The van der Waals surface area contributed by atoms with Gasteiger partial charge in [-0.25, -0.2) is 4.57 Å². The smallest absolute Gasteiger partial charge is 0.462 e. The third-order valence-corrected chi connectivity index (χ3v) is 14.7. The molecule has 0 aliphatic rings. The molecule has 0 fully saturated rings. The zero-order valence-corrected chi connectivity index (χ0v) is 56.1. The van der Waals surface area contributed by atoms with Crippen LogP contribution >= 0.6 is 7.82 Å². The number of phosphoric acid groups is 1. The lowest BCUT2D eigenvalue weighted by Gasteiger charge is -2.24. The van der Waals surface area contributed by atoms with E-state index in [2.05, 4.69) is 184 Å². The maximum atomic E-state index is 12.9. The van der Waals surface area contributed by atoms with E-state index in [1.807, 2.05) is 21.1 Å². The van der Waals surface area contributed by atoms with E-state index in [1.165, 1.54) is 64.2 Å². The van der Waals surface area contributed by atoms with Crippen LogP contribution in [0.25, 0.3) is 0 Å². The largest absolute Gasteiger partial charge is 0.472 e. The second-order valence-corrected chi connectivity index (χ2v) is 24.5. The first-order valence-corrected chi connectivity index (χ1v) is 35.4. The Kier molecular flexibility index (Phi) is 61.3. The molecule has 2 atom stereocenters. The molecular weight excluding hydrogens is 1090 g/mol. The SMILES string of the molecule is CC/C=C\C/C=C\C/C=C\C/C=C\C/C=C\C/C=C\C/C=C\C/C=C\C/C=C\C/C=C\CCCCCCCCCCC(=O)OC(COC(=O)CCCCCCCCCCCC/C=C\C/C=C\C/C=C\C/C=C\CC)COP(=O)(O)OCC[N+](C)(C)C. The molecule has 86 heavy (non-hydrogen) atoms. The average molecular weight is 1210 g/mol. The monoisotopic (exact) mass is 1210 g/mol. The van der Waals surface area contributed by atoms with Gasteiger partial charge in [0, 0.05) is 12.8 Å². The Balaban J connectivity index is 4.15. The van der Waals surface area contributed by atoms with Gasteiger partial charge in [0.2, 0.25) is 0 Å². The van der Waals surface area contributed by atoms with Gasteiger partial charge >= 0.3 is 19.8 Å². The molecule has 0 spiro atoms. The Hall–Kier alpha value is -4.63. The zero-order chi connectivity index (χ0) is 62.6. The number of likely N-dealkylation sites (N-methyl/N-ethyl adjacent to an activating group) is 1. The molecule has 0 saturated heterocycles. The minimum Gasteiger partial charge on any atom is -0.462 e. The van der Waals surface area contributed by atoms with Crippen LogP contribution in [0.2, 0.25) is 0 Å². The van der Waals surface area contributed by atoms with Gasteiger partial charge in [-0.05, 0) is 128 Å². The number of ether oxygens (including phenoxy) is 2. The molecule has 0 radical (unpaired) electrons. The van der Waals surface area contributed by atoms with Crippen molar-refractivity contribution in [3.8, 4) is 0 Å². The van der Waals surface area contributed by atoms with Crippen LogP contribution in [0.4, 0.5) is 0 Å². The number of nitrogens with zero attached hydrogens (tertiary/aromatic N) is 1. The molecule has 10 heteroatoms. The lowest BCUT2D eigenvalue weighted by Crippen LogP contribution is -2.37. The fraction of sp³-hybridized carbons (Fsp3) is 0.605. The van der Waals surface area contributed by atoms with Gasteiger partial charge in [-0.1, -0.05) is 274 Å². The molecule has 9 nitrogen and oxygen atoms in total. The van der Waals surface area contributed by atoms with Gasteiger partial charge in [0.25, 0.3) is 0 Å². The first kappa shape index (κ1) is 81.4. The summed E-state index contributed by atoms with van der Waals surface area (Å²) < 4.78 is 34.7. The van der Waals surface area contributed by atoms with Crippen LogP contribution < -0.4 is 0 Å². The van der Waals surface area contributed by atoms with Gasteiger partial charge in [-0.3, -0.25) is 18.6 Å². The molecule has 0 heterocycles. The summed E-state index contributed by atoms with van der Waals surface area (Å²) in [5, 5.41) is 0. The van der Waals surface area contributed by atoms with Crippen molar-refractivity contribution >= 4 is 19.8 Å². The standard InChI is InChI=1S/C76H124NO8P/c1-6-8-10-12-14-16-18-20-22-24-26-28-30-31-32-33-34-35-36-37-38-39-40-41-42-43-44-45-47-49-51-53-55-57-59-61-63-65-67-69-76(79)85-74(73-84-86(80,81)83-71-70-77(3,4)5)72-82-75(78)68-66-64-62-60-58-56-54-52-50-48-46-29-27-25-23-21-19-17-15-13-11-9-7-2/h8-11,14-17,20-23,26-29,31-32,34-35,37-38,40-41,43-44,47,49,74H,6-7,12-13,18-19,24-25,30,33,36,39,42,45-46,48,50-73H2,1-5H3/p+1/b10-8-,11-9-,16-14-,17-15-,22-20-,23-21-,28-26-,29-27-,32-31-,35-34-,38-37-,41-40-,44-43-,49-47-. The zero-order valence-electron chi connectivity index (χ0n) is 55.2. The van der Waals surface area contributed by atoms with E-state index in [-0.39, 0.29) is 32.0 Å². The van der Waals surface area contributed by atoms with Crippen molar-refractivity contribution in [3.05, 3.63) is 170 Å². The molecule has 0 rings (SSSR count). The van der Waals surface area contributed by atoms with Gasteiger partial charge < -0.3 is 18.9 Å². The van der Waals surface area contributed by atoms with Crippen LogP contribution in [-0.2, 0) is 32.7 Å². The molecule has 0 aromatic heterocycles. The van der Waals surface area contributed by atoms with E-state index in [9.17, 15) is 19.0 Å². The molecule has 0 bridgehead atoms. The summed E-state index contributed by atoms with van der Waals surface area (Å²) in [6.45, 7) is 4.18. The van der Waals surface area contributed by atoms with Crippen LogP contribution in [0.5, 0.6) is 0 Å². The summed E-state index contributed by atoms with van der Waals surface area (Å²) in [6.07, 6.45) is 98.7. The number of unbranched alkanes of at least 4 members (excludes halogenated alkanes) is 18. The van der Waals surface area contributed by atoms with Gasteiger partial charge in [0.1, 0.15) is 19.8 Å². The number of carbonyl (C=O) groups is 2. The molecule has 0 amide bonds. The van der Waals surface area contributed by atoms with Crippen LogP contribution in [0.3, 0.4) is 0 Å². The fourth-order valence-electron chi connectivity index (χ4n) is 8.62. The second-order valence-electron chi connectivity index (χ2n) is 23.1. The van der Waals surface area contributed by atoms with E-state index < -0.39 is 26.5 Å². The number of allylic oxidation sites excluding steroid dienone is 28. The maximum Gasteiger partial charge on any atom is 0.472 e. The van der Waals surface area contributed by atoms with Crippen molar-refractivity contribution in [1.29, 1.82) is 0 Å². The highest BCUT2D eigenvalue weighted by Gasteiger charge is 2.27. The molecule has 2 unspecified atom stereocenters. The maximum absolute atomic E-state index is 12.9. The Morgan fingerprint density at radius 2 is 0.628 bits per heavy atom. The lowest BCUT2D eigenvalue weighted by atomic mass is 10.1. The van der Waals surface area contributed by atoms with Crippen molar-refractivity contribution in [2.24, 2.45) is 0 Å². The van der Waals surface area contributed by atoms with Crippen LogP contribution in [0, 0.1) is 0 Å². The summed E-state index contributed by atoms with van der Waals surface area (Å²) in [6, 6.07) is 0.